The molecule has 0 radical (unpaired) electrons. The lowest BCUT2D eigenvalue weighted by molar-refractivity contribution is -0.105. The predicted octanol–water partition coefficient (Wildman–Crippen LogP) is 3.66. The summed E-state index contributed by atoms with van der Waals surface area (Å²) in [7, 11) is 1.66. The number of nitrogens with one attached hydrogen (secondary N) is 2. The summed E-state index contributed by atoms with van der Waals surface area (Å²) in [6, 6.07) is 13.4. The van der Waals surface area contributed by atoms with Crippen molar-refractivity contribution in [3.05, 3.63) is 53.6 Å². The Bertz CT molecular complexity index is 747. The SMILES string of the molecule is COc1ccc(CC(C)NCC(OC(C)C)c2ccc(O)c(NC=O)c2)cc1. The van der Waals surface area contributed by atoms with E-state index in [0.717, 1.165) is 17.7 Å². The van der Waals surface area contributed by atoms with E-state index in [1.807, 2.05) is 32.0 Å². The van der Waals surface area contributed by atoms with E-state index < -0.39 is 0 Å². The fraction of sp³-hybridized carbons (Fsp3) is 0.409. The second-order valence-electron chi connectivity index (χ2n) is 7.07. The largest absolute Gasteiger partial charge is 0.506 e. The van der Waals surface area contributed by atoms with E-state index in [4.69, 9.17) is 9.47 Å². The summed E-state index contributed by atoms with van der Waals surface area (Å²) in [4.78, 5) is 10.7. The average molecular weight is 386 g/mol. The van der Waals surface area contributed by atoms with Gasteiger partial charge in [-0.3, -0.25) is 4.79 Å². The molecule has 152 valence electrons. The predicted molar refractivity (Wildman–Crippen MR) is 111 cm³/mol. The highest BCUT2D eigenvalue weighted by atomic mass is 16.5. The maximum absolute atomic E-state index is 10.7. The number of methoxy groups -OCH3 is 1. The maximum atomic E-state index is 10.7. The first-order valence-corrected chi connectivity index (χ1v) is 9.47. The first-order valence-electron chi connectivity index (χ1n) is 9.47. The molecule has 3 N–H and O–H groups in total. The Labute approximate surface area is 166 Å². The highest BCUT2D eigenvalue weighted by Gasteiger charge is 2.17. The van der Waals surface area contributed by atoms with Crippen molar-refractivity contribution in [2.24, 2.45) is 0 Å². The van der Waals surface area contributed by atoms with E-state index >= 15 is 0 Å². The van der Waals surface area contributed by atoms with Gasteiger partial charge in [0.05, 0.1) is 25.0 Å². The number of hydrogen-bond donors (Lipinski definition) is 3. The van der Waals surface area contributed by atoms with Crippen LogP contribution >= 0.6 is 0 Å². The lowest BCUT2D eigenvalue weighted by atomic mass is 10.0. The van der Waals surface area contributed by atoms with Crippen LogP contribution in [-0.4, -0.2) is 37.3 Å². The Morgan fingerprint density at radius 2 is 1.82 bits per heavy atom. The number of phenolic OH excluding ortho intramolecular Hbond substituents is 1. The number of carbonyl (C=O) groups excluding carboxylic acids is 1. The summed E-state index contributed by atoms with van der Waals surface area (Å²) in [5, 5.41) is 15.9. The molecule has 0 aliphatic heterocycles. The Hall–Kier alpha value is -2.57. The van der Waals surface area contributed by atoms with Gasteiger partial charge in [-0.25, -0.2) is 0 Å². The number of aromatic hydroxyl groups is 1. The minimum absolute atomic E-state index is 0.0278. The molecule has 0 aliphatic carbocycles. The molecule has 0 bridgehead atoms. The number of amides is 1. The highest BCUT2D eigenvalue weighted by molar-refractivity contribution is 5.75. The molecule has 0 saturated carbocycles. The fourth-order valence-corrected chi connectivity index (χ4v) is 3.00. The van der Waals surface area contributed by atoms with Gasteiger partial charge in [-0.1, -0.05) is 18.2 Å². The van der Waals surface area contributed by atoms with Crippen LogP contribution in [0.2, 0.25) is 0 Å². The summed E-state index contributed by atoms with van der Waals surface area (Å²) < 4.78 is 11.3. The topological polar surface area (TPSA) is 79.8 Å². The number of hydrogen-bond acceptors (Lipinski definition) is 5. The third-order valence-corrected chi connectivity index (χ3v) is 4.40. The van der Waals surface area contributed by atoms with Crippen LogP contribution < -0.4 is 15.4 Å². The minimum Gasteiger partial charge on any atom is -0.506 e. The smallest absolute Gasteiger partial charge is 0.211 e. The van der Waals surface area contributed by atoms with Gasteiger partial charge in [0.1, 0.15) is 11.5 Å². The van der Waals surface area contributed by atoms with Crippen molar-refractivity contribution >= 4 is 12.1 Å². The summed E-state index contributed by atoms with van der Waals surface area (Å²) in [6.07, 6.45) is 1.27. The second kappa shape index (κ2) is 10.7. The quantitative estimate of drug-likeness (QED) is 0.406. The monoisotopic (exact) mass is 386 g/mol. The lowest BCUT2D eigenvalue weighted by Gasteiger charge is -2.24. The Morgan fingerprint density at radius 1 is 1.11 bits per heavy atom. The third kappa shape index (κ3) is 6.55. The van der Waals surface area contributed by atoms with E-state index in [-0.39, 0.29) is 24.0 Å². The normalized spacial score (nSPS) is 13.2. The fourth-order valence-electron chi connectivity index (χ4n) is 3.00. The van der Waals surface area contributed by atoms with Gasteiger partial charge in [0.15, 0.2) is 0 Å². The molecular weight excluding hydrogens is 356 g/mol. The molecule has 2 aromatic rings. The highest BCUT2D eigenvalue weighted by Crippen LogP contribution is 2.28. The van der Waals surface area contributed by atoms with Crippen molar-refractivity contribution in [2.45, 2.75) is 45.4 Å². The van der Waals surface area contributed by atoms with Crippen molar-refractivity contribution in [1.82, 2.24) is 5.32 Å². The van der Waals surface area contributed by atoms with Gasteiger partial charge >= 0.3 is 0 Å². The molecule has 1 amide bonds. The zero-order valence-electron chi connectivity index (χ0n) is 16.9. The molecule has 0 saturated heterocycles. The van der Waals surface area contributed by atoms with Gasteiger partial charge in [-0.05, 0) is 62.6 Å². The Kier molecular flexibility index (Phi) is 8.29. The van der Waals surface area contributed by atoms with Crippen LogP contribution in [0.25, 0.3) is 0 Å². The average Bonchev–Trinajstić information content (AvgIpc) is 2.67. The van der Waals surface area contributed by atoms with Gasteiger partial charge < -0.3 is 25.2 Å². The maximum Gasteiger partial charge on any atom is 0.211 e. The van der Waals surface area contributed by atoms with Crippen LogP contribution in [-0.2, 0) is 16.0 Å². The summed E-state index contributed by atoms with van der Waals surface area (Å²) in [5.41, 5.74) is 2.49. The minimum atomic E-state index is -0.203. The van der Waals surface area contributed by atoms with E-state index in [1.54, 1.807) is 19.2 Å². The number of carbonyl (C=O) groups is 1. The third-order valence-electron chi connectivity index (χ3n) is 4.40. The number of benzene rings is 2. The van der Waals surface area contributed by atoms with E-state index in [9.17, 15) is 9.90 Å². The van der Waals surface area contributed by atoms with Crippen molar-refractivity contribution in [2.75, 3.05) is 19.0 Å². The van der Waals surface area contributed by atoms with Crippen LogP contribution in [0, 0.1) is 0 Å². The van der Waals surface area contributed by atoms with E-state index in [0.29, 0.717) is 18.6 Å². The molecule has 2 atom stereocenters. The number of anilines is 1. The number of rotatable bonds is 11. The lowest BCUT2D eigenvalue weighted by Crippen LogP contribution is -2.33. The zero-order valence-corrected chi connectivity index (χ0v) is 16.9. The molecule has 28 heavy (non-hydrogen) atoms. The van der Waals surface area contributed by atoms with Gasteiger partial charge in [0.2, 0.25) is 6.41 Å². The summed E-state index contributed by atoms with van der Waals surface area (Å²) in [6.45, 7) is 6.71. The number of phenols is 1. The summed E-state index contributed by atoms with van der Waals surface area (Å²) in [5.74, 6) is 0.877. The van der Waals surface area contributed by atoms with Crippen molar-refractivity contribution in [3.8, 4) is 11.5 Å². The first kappa shape index (κ1) is 21.7. The van der Waals surface area contributed by atoms with Crippen LogP contribution in [0.3, 0.4) is 0 Å². The van der Waals surface area contributed by atoms with E-state index in [2.05, 4.69) is 29.7 Å². The molecule has 6 nitrogen and oxygen atoms in total. The summed E-state index contributed by atoms with van der Waals surface area (Å²) >= 11 is 0. The molecule has 2 aromatic carbocycles. The van der Waals surface area contributed by atoms with Gasteiger partial charge in [0.25, 0.3) is 0 Å². The van der Waals surface area contributed by atoms with Crippen LogP contribution in [0.15, 0.2) is 42.5 Å². The Balaban J connectivity index is 2.03. The van der Waals surface area contributed by atoms with Crippen molar-refractivity contribution < 1.29 is 19.4 Å². The molecule has 0 heterocycles. The molecule has 0 spiro atoms. The van der Waals surface area contributed by atoms with Gasteiger partial charge in [0, 0.05) is 12.6 Å². The van der Waals surface area contributed by atoms with Crippen molar-refractivity contribution in [1.29, 1.82) is 0 Å². The molecule has 0 fully saturated rings. The van der Waals surface area contributed by atoms with E-state index in [1.165, 1.54) is 5.56 Å². The molecule has 6 heteroatoms. The second-order valence-corrected chi connectivity index (χ2v) is 7.07. The van der Waals surface area contributed by atoms with Crippen molar-refractivity contribution in [3.63, 3.8) is 0 Å². The standard InChI is InChI=1S/C22H30N2O4/c1-15(2)28-22(18-7-10-21(26)20(12-18)24-14-25)13-23-16(3)11-17-5-8-19(27-4)9-6-17/h5-10,12,14-16,22-23,26H,11,13H2,1-4H3,(H,24,25). The first-order chi connectivity index (χ1) is 13.4. The van der Waals surface area contributed by atoms with Gasteiger partial charge in [-0.15, -0.1) is 0 Å². The molecule has 2 unspecified atom stereocenters. The van der Waals surface area contributed by atoms with Crippen LogP contribution in [0.5, 0.6) is 11.5 Å². The Morgan fingerprint density at radius 3 is 2.43 bits per heavy atom. The molecule has 0 aromatic heterocycles. The molecule has 2 rings (SSSR count). The number of ether oxygens (including phenoxy) is 2. The van der Waals surface area contributed by atoms with Gasteiger partial charge in [-0.2, -0.15) is 0 Å². The zero-order chi connectivity index (χ0) is 20.5. The molecular formula is C22H30N2O4. The molecule has 0 aliphatic rings. The van der Waals surface area contributed by atoms with Crippen LogP contribution in [0.1, 0.15) is 38.0 Å². The van der Waals surface area contributed by atoms with Crippen LogP contribution in [0.4, 0.5) is 5.69 Å².